The number of aryl methyl sites for hydroxylation is 1. The highest BCUT2D eigenvalue weighted by Crippen LogP contribution is 2.18. The number of anilines is 1. The molecule has 0 radical (unpaired) electrons. The molecule has 1 aromatic heterocycles. The molecule has 1 unspecified atom stereocenters. The molecule has 1 saturated heterocycles. The summed E-state index contributed by atoms with van der Waals surface area (Å²) in [6, 6.07) is 14.8. The fourth-order valence-corrected chi connectivity index (χ4v) is 3.54. The van der Waals surface area contributed by atoms with Crippen LogP contribution >= 0.6 is 0 Å². The van der Waals surface area contributed by atoms with Gasteiger partial charge in [-0.3, -0.25) is 4.79 Å². The summed E-state index contributed by atoms with van der Waals surface area (Å²) in [6.07, 6.45) is 3.89. The second-order valence-corrected chi connectivity index (χ2v) is 8.33. The Balaban J connectivity index is 1.62. The standard InChI is InChI=1S/C24H34N6O/c1-18-10-11-22(25-16-18)30-14-12-21(13-15-30)28-24(26-17-23(31)29(3)4)27-19(2)20-8-6-5-7-9-20/h5-11,16,19,21H,12-15,17H2,1-4H3,(H2,26,27,28). The molecule has 1 amide bonds. The van der Waals surface area contributed by atoms with Gasteiger partial charge < -0.3 is 20.4 Å². The lowest BCUT2D eigenvalue weighted by atomic mass is 10.0. The Morgan fingerprint density at radius 1 is 1.19 bits per heavy atom. The Kier molecular flexibility index (Phi) is 7.87. The highest BCUT2D eigenvalue weighted by molar-refractivity contribution is 5.85. The van der Waals surface area contributed by atoms with Gasteiger partial charge in [0.25, 0.3) is 0 Å². The molecule has 0 bridgehead atoms. The zero-order valence-electron chi connectivity index (χ0n) is 19.0. The molecule has 1 aliphatic rings. The van der Waals surface area contributed by atoms with Crippen LogP contribution in [0.2, 0.25) is 0 Å². The van der Waals surface area contributed by atoms with Crippen molar-refractivity contribution in [2.45, 2.75) is 38.8 Å². The minimum Gasteiger partial charge on any atom is -0.356 e. The third-order valence-electron chi connectivity index (χ3n) is 5.58. The maximum atomic E-state index is 12.1. The molecular formula is C24H34N6O. The van der Waals surface area contributed by atoms with E-state index in [1.54, 1.807) is 19.0 Å². The van der Waals surface area contributed by atoms with Crippen LogP contribution in [0.3, 0.4) is 0 Å². The van der Waals surface area contributed by atoms with Gasteiger partial charge in [0.2, 0.25) is 5.91 Å². The number of piperidine rings is 1. The number of rotatable bonds is 6. The van der Waals surface area contributed by atoms with E-state index >= 15 is 0 Å². The van der Waals surface area contributed by atoms with Crippen molar-refractivity contribution in [3.05, 3.63) is 59.8 Å². The third kappa shape index (κ3) is 6.70. The average Bonchev–Trinajstić information content (AvgIpc) is 2.78. The molecule has 7 nitrogen and oxygen atoms in total. The van der Waals surface area contributed by atoms with Crippen molar-refractivity contribution in [3.63, 3.8) is 0 Å². The number of aliphatic imine (C=N–C) groups is 1. The van der Waals surface area contributed by atoms with E-state index in [0.717, 1.165) is 31.7 Å². The molecule has 0 saturated carbocycles. The van der Waals surface area contributed by atoms with E-state index in [1.807, 2.05) is 24.4 Å². The minimum atomic E-state index is -0.0197. The predicted molar refractivity (Wildman–Crippen MR) is 126 cm³/mol. The number of pyridine rings is 1. The van der Waals surface area contributed by atoms with E-state index in [4.69, 9.17) is 0 Å². The first-order valence-corrected chi connectivity index (χ1v) is 10.9. The van der Waals surface area contributed by atoms with Crippen LogP contribution in [0.15, 0.2) is 53.7 Å². The van der Waals surface area contributed by atoms with Gasteiger partial charge in [0.1, 0.15) is 12.4 Å². The van der Waals surface area contributed by atoms with Crippen molar-refractivity contribution in [3.8, 4) is 0 Å². The van der Waals surface area contributed by atoms with Gasteiger partial charge in [-0.15, -0.1) is 0 Å². The summed E-state index contributed by atoms with van der Waals surface area (Å²) < 4.78 is 0. The van der Waals surface area contributed by atoms with Gasteiger partial charge in [0.05, 0.1) is 6.04 Å². The molecule has 7 heteroatoms. The summed E-state index contributed by atoms with van der Waals surface area (Å²) in [7, 11) is 3.50. The average molecular weight is 423 g/mol. The van der Waals surface area contributed by atoms with Gasteiger partial charge in [0, 0.05) is 39.4 Å². The first-order chi connectivity index (χ1) is 14.9. The predicted octanol–water partition coefficient (Wildman–Crippen LogP) is 2.74. The molecule has 1 atom stereocenters. The zero-order valence-corrected chi connectivity index (χ0v) is 19.0. The van der Waals surface area contributed by atoms with Crippen LogP contribution in [0.5, 0.6) is 0 Å². The number of hydrogen-bond acceptors (Lipinski definition) is 4. The van der Waals surface area contributed by atoms with Crippen LogP contribution in [0.1, 0.15) is 36.9 Å². The molecule has 166 valence electrons. The van der Waals surface area contributed by atoms with E-state index in [9.17, 15) is 4.79 Å². The lowest BCUT2D eigenvalue weighted by Crippen LogP contribution is -2.49. The Hall–Kier alpha value is -3.09. The molecule has 2 heterocycles. The Bertz CT molecular complexity index is 857. The number of guanidine groups is 1. The fourth-order valence-electron chi connectivity index (χ4n) is 3.54. The monoisotopic (exact) mass is 422 g/mol. The minimum absolute atomic E-state index is 0.0197. The van der Waals surface area contributed by atoms with Gasteiger partial charge in [-0.05, 0) is 43.9 Å². The SMILES string of the molecule is Cc1ccc(N2CCC(NC(=NCC(=O)N(C)C)NC(C)c3ccccc3)CC2)nc1. The van der Waals surface area contributed by atoms with Crippen molar-refractivity contribution in [2.24, 2.45) is 4.99 Å². The number of carbonyl (C=O) groups is 1. The Morgan fingerprint density at radius 3 is 2.52 bits per heavy atom. The van der Waals surface area contributed by atoms with Gasteiger partial charge in [-0.1, -0.05) is 36.4 Å². The van der Waals surface area contributed by atoms with E-state index in [1.165, 1.54) is 11.1 Å². The molecule has 2 aromatic rings. The van der Waals surface area contributed by atoms with Gasteiger partial charge in [-0.2, -0.15) is 0 Å². The molecule has 0 aliphatic carbocycles. The lowest BCUT2D eigenvalue weighted by Gasteiger charge is -2.34. The van der Waals surface area contributed by atoms with E-state index in [-0.39, 0.29) is 18.5 Å². The van der Waals surface area contributed by atoms with Crippen LogP contribution < -0.4 is 15.5 Å². The first kappa shape index (κ1) is 22.6. The number of likely N-dealkylation sites (N-methyl/N-ethyl adjacent to an activating group) is 1. The fraction of sp³-hybridized carbons (Fsp3) is 0.458. The number of nitrogens with one attached hydrogen (secondary N) is 2. The molecule has 2 N–H and O–H groups in total. The van der Waals surface area contributed by atoms with Crippen molar-refractivity contribution < 1.29 is 4.79 Å². The maximum Gasteiger partial charge on any atom is 0.243 e. The molecule has 1 fully saturated rings. The topological polar surface area (TPSA) is 72.9 Å². The normalized spacial score (nSPS) is 16.0. The van der Waals surface area contributed by atoms with E-state index < -0.39 is 0 Å². The Morgan fingerprint density at radius 2 is 1.90 bits per heavy atom. The van der Waals surface area contributed by atoms with Crippen molar-refractivity contribution >= 4 is 17.7 Å². The molecule has 31 heavy (non-hydrogen) atoms. The van der Waals surface area contributed by atoms with Gasteiger partial charge in [0.15, 0.2) is 5.96 Å². The smallest absolute Gasteiger partial charge is 0.243 e. The number of carbonyl (C=O) groups excluding carboxylic acids is 1. The molecule has 0 spiro atoms. The summed E-state index contributed by atoms with van der Waals surface area (Å²) in [5, 5.41) is 7.02. The zero-order chi connectivity index (χ0) is 22.2. The summed E-state index contributed by atoms with van der Waals surface area (Å²) in [5.41, 5.74) is 2.35. The molecular weight excluding hydrogens is 388 g/mol. The Labute approximate surface area is 185 Å². The highest BCUT2D eigenvalue weighted by atomic mass is 16.2. The lowest BCUT2D eigenvalue weighted by molar-refractivity contribution is -0.127. The van der Waals surface area contributed by atoms with Crippen LogP contribution in [-0.2, 0) is 4.79 Å². The number of nitrogens with zero attached hydrogens (tertiary/aromatic N) is 4. The van der Waals surface area contributed by atoms with Gasteiger partial charge >= 0.3 is 0 Å². The van der Waals surface area contributed by atoms with Crippen LogP contribution in [-0.4, -0.2) is 61.5 Å². The van der Waals surface area contributed by atoms with E-state index in [0.29, 0.717) is 12.0 Å². The number of benzene rings is 1. The van der Waals surface area contributed by atoms with E-state index in [2.05, 4.69) is 63.6 Å². The quantitative estimate of drug-likeness (QED) is 0.553. The summed E-state index contributed by atoms with van der Waals surface area (Å²) in [6.45, 7) is 6.15. The summed E-state index contributed by atoms with van der Waals surface area (Å²) >= 11 is 0. The van der Waals surface area contributed by atoms with Crippen molar-refractivity contribution in [1.82, 2.24) is 20.5 Å². The van der Waals surface area contributed by atoms with Crippen LogP contribution in [0.4, 0.5) is 5.82 Å². The van der Waals surface area contributed by atoms with Gasteiger partial charge in [-0.25, -0.2) is 9.98 Å². The summed E-state index contributed by atoms with van der Waals surface area (Å²) in [5.74, 6) is 1.69. The maximum absolute atomic E-state index is 12.1. The highest BCUT2D eigenvalue weighted by Gasteiger charge is 2.22. The number of amides is 1. The molecule has 1 aliphatic heterocycles. The molecule has 1 aromatic carbocycles. The molecule has 3 rings (SSSR count). The number of aromatic nitrogens is 1. The third-order valence-corrected chi connectivity index (χ3v) is 5.58. The summed E-state index contributed by atoms with van der Waals surface area (Å²) in [4.78, 5) is 25.1. The van der Waals surface area contributed by atoms with Crippen LogP contribution in [0.25, 0.3) is 0 Å². The van der Waals surface area contributed by atoms with Crippen LogP contribution in [0, 0.1) is 6.92 Å². The first-order valence-electron chi connectivity index (χ1n) is 10.9. The van der Waals surface area contributed by atoms with Crippen molar-refractivity contribution in [2.75, 3.05) is 38.6 Å². The van der Waals surface area contributed by atoms with Crippen molar-refractivity contribution in [1.29, 1.82) is 0 Å². The second kappa shape index (κ2) is 10.8. The number of hydrogen-bond donors (Lipinski definition) is 2. The second-order valence-electron chi connectivity index (χ2n) is 8.33. The largest absolute Gasteiger partial charge is 0.356 e.